The monoisotopic (exact) mass is 214 g/mol. The molecule has 0 bridgehead atoms. The first-order valence-electron chi connectivity index (χ1n) is 5.53. The van der Waals surface area contributed by atoms with E-state index in [1.54, 1.807) is 0 Å². The Hall–Kier alpha value is -1.84. The maximum absolute atomic E-state index is 5.89. The highest BCUT2D eigenvalue weighted by atomic mass is 15.5. The summed E-state index contributed by atoms with van der Waals surface area (Å²) in [5.74, 6) is 0.525. The second-order valence-corrected chi connectivity index (χ2v) is 4.37. The second kappa shape index (κ2) is 3.33. The molecule has 0 atom stereocenters. The quantitative estimate of drug-likeness (QED) is 0.833. The van der Waals surface area contributed by atoms with Crippen molar-refractivity contribution < 1.29 is 0 Å². The number of hydrogen-bond donors (Lipinski definition) is 1. The maximum Gasteiger partial charge on any atom is 0.174 e. The van der Waals surface area contributed by atoms with Crippen molar-refractivity contribution in [2.75, 3.05) is 5.73 Å². The topological polar surface area (TPSA) is 56.7 Å². The van der Waals surface area contributed by atoms with Crippen molar-refractivity contribution >= 4 is 5.82 Å². The minimum atomic E-state index is 0.500. The van der Waals surface area contributed by atoms with Crippen LogP contribution in [0.1, 0.15) is 24.4 Å². The Labute approximate surface area is 94.1 Å². The second-order valence-electron chi connectivity index (χ2n) is 4.37. The lowest BCUT2D eigenvalue weighted by molar-refractivity contribution is 0.616. The van der Waals surface area contributed by atoms with Gasteiger partial charge in [-0.2, -0.15) is 0 Å². The molecular weight excluding hydrogens is 200 g/mol. The van der Waals surface area contributed by atoms with E-state index in [9.17, 15) is 0 Å². The Morgan fingerprint density at radius 1 is 1.38 bits per heavy atom. The summed E-state index contributed by atoms with van der Waals surface area (Å²) in [5, 5.41) is 8.10. The number of nitrogens with two attached hydrogens (primary N) is 1. The fourth-order valence-electron chi connectivity index (χ4n) is 1.95. The van der Waals surface area contributed by atoms with Crippen LogP contribution in [0.25, 0.3) is 11.3 Å². The van der Waals surface area contributed by atoms with Gasteiger partial charge in [-0.15, -0.1) is 5.10 Å². The lowest BCUT2D eigenvalue weighted by atomic mass is 10.1. The van der Waals surface area contributed by atoms with Crippen LogP contribution in [0.4, 0.5) is 5.82 Å². The van der Waals surface area contributed by atoms with Gasteiger partial charge in [0.2, 0.25) is 0 Å². The first-order valence-corrected chi connectivity index (χ1v) is 5.53. The molecule has 0 aliphatic heterocycles. The SMILES string of the molecule is Cc1cccc(-c2c(N)nnn2C2CC2)c1. The van der Waals surface area contributed by atoms with Gasteiger partial charge in [0, 0.05) is 5.56 Å². The number of anilines is 1. The molecule has 82 valence electrons. The third-order valence-electron chi connectivity index (χ3n) is 2.90. The lowest BCUT2D eigenvalue weighted by Crippen LogP contribution is -2.00. The predicted octanol–water partition coefficient (Wildman–Crippen LogP) is 2.17. The van der Waals surface area contributed by atoms with E-state index in [2.05, 4.69) is 35.4 Å². The minimum absolute atomic E-state index is 0.500. The Bertz CT molecular complexity index is 526. The predicted molar refractivity (Wildman–Crippen MR) is 62.9 cm³/mol. The van der Waals surface area contributed by atoms with Crippen molar-refractivity contribution in [2.24, 2.45) is 0 Å². The summed E-state index contributed by atoms with van der Waals surface area (Å²) in [7, 11) is 0. The first kappa shape index (κ1) is 9.39. The van der Waals surface area contributed by atoms with Crippen LogP contribution in [-0.2, 0) is 0 Å². The highest BCUT2D eigenvalue weighted by molar-refractivity contribution is 5.70. The molecule has 2 aromatic rings. The zero-order valence-electron chi connectivity index (χ0n) is 9.22. The van der Waals surface area contributed by atoms with Crippen molar-refractivity contribution in [3.8, 4) is 11.3 Å². The third-order valence-corrected chi connectivity index (χ3v) is 2.90. The van der Waals surface area contributed by atoms with E-state index in [4.69, 9.17) is 5.73 Å². The van der Waals surface area contributed by atoms with Crippen LogP contribution in [-0.4, -0.2) is 15.0 Å². The highest BCUT2D eigenvalue weighted by Gasteiger charge is 2.28. The van der Waals surface area contributed by atoms with E-state index in [1.807, 2.05) is 10.7 Å². The number of benzene rings is 1. The Morgan fingerprint density at radius 2 is 2.19 bits per heavy atom. The van der Waals surface area contributed by atoms with Gasteiger partial charge in [0.25, 0.3) is 0 Å². The Balaban J connectivity index is 2.14. The van der Waals surface area contributed by atoms with Crippen LogP contribution >= 0.6 is 0 Å². The first-order chi connectivity index (χ1) is 7.75. The number of hydrogen-bond acceptors (Lipinski definition) is 3. The van der Waals surface area contributed by atoms with E-state index in [0.717, 1.165) is 11.3 Å². The zero-order chi connectivity index (χ0) is 11.1. The van der Waals surface area contributed by atoms with Gasteiger partial charge in [0.05, 0.1) is 6.04 Å². The summed E-state index contributed by atoms with van der Waals surface area (Å²) in [6.07, 6.45) is 2.36. The van der Waals surface area contributed by atoms with Gasteiger partial charge in [-0.3, -0.25) is 0 Å². The summed E-state index contributed by atoms with van der Waals surface area (Å²) in [5.41, 5.74) is 9.19. The van der Waals surface area contributed by atoms with Gasteiger partial charge >= 0.3 is 0 Å². The molecule has 0 amide bonds. The van der Waals surface area contributed by atoms with Crippen LogP contribution < -0.4 is 5.73 Å². The molecule has 1 fully saturated rings. The van der Waals surface area contributed by atoms with Gasteiger partial charge in [0.15, 0.2) is 5.82 Å². The molecule has 1 aromatic heterocycles. The van der Waals surface area contributed by atoms with Crippen LogP contribution in [0.3, 0.4) is 0 Å². The smallest absolute Gasteiger partial charge is 0.174 e. The normalized spacial score (nSPS) is 15.3. The lowest BCUT2D eigenvalue weighted by Gasteiger charge is -2.06. The maximum atomic E-state index is 5.89. The van der Waals surface area contributed by atoms with Gasteiger partial charge < -0.3 is 5.73 Å². The molecular formula is C12H14N4. The summed E-state index contributed by atoms with van der Waals surface area (Å²) in [6, 6.07) is 8.79. The van der Waals surface area contributed by atoms with Gasteiger partial charge in [-0.25, -0.2) is 4.68 Å². The fourth-order valence-corrected chi connectivity index (χ4v) is 1.95. The van der Waals surface area contributed by atoms with Crippen molar-refractivity contribution in [3.63, 3.8) is 0 Å². The molecule has 2 N–H and O–H groups in total. The zero-order valence-corrected chi connectivity index (χ0v) is 9.22. The van der Waals surface area contributed by atoms with Crippen molar-refractivity contribution in [3.05, 3.63) is 29.8 Å². The number of nitrogen functional groups attached to an aromatic ring is 1. The molecule has 4 nitrogen and oxygen atoms in total. The van der Waals surface area contributed by atoms with Gasteiger partial charge in [-0.1, -0.05) is 29.0 Å². The number of aromatic nitrogens is 3. The molecule has 3 rings (SSSR count). The summed E-state index contributed by atoms with van der Waals surface area (Å²) < 4.78 is 1.96. The number of aryl methyl sites for hydroxylation is 1. The minimum Gasteiger partial charge on any atom is -0.380 e. The molecule has 0 spiro atoms. The highest BCUT2D eigenvalue weighted by Crippen LogP contribution is 2.39. The van der Waals surface area contributed by atoms with Crippen LogP contribution in [0.15, 0.2) is 24.3 Å². The third kappa shape index (κ3) is 1.46. The van der Waals surface area contributed by atoms with E-state index < -0.39 is 0 Å². The van der Waals surface area contributed by atoms with Crippen molar-refractivity contribution in [1.29, 1.82) is 0 Å². The molecule has 16 heavy (non-hydrogen) atoms. The molecule has 0 saturated heterocycles. The molecule has 1 aliphatic carbocycles. The number of nitrogens with zero attached hydrogens (tertiary/aromatic N) is 3. The Kier molecular flexibility index (Phi) is 1.96. The fraction of sp³-hybridized carbons (Fsp3) is 0.333. The van der Waals surface area contributed by atoms with Gasteiger partial charge in [0.1, 0.15) is 5.69 Å². The van der Waals surface area contributed by atoms with Crippen molar-refractivity contribution in [1.82, 2.24) is 15.0 Å². The van der Waals surface area contributed by atoms with Crippen LogP contribution in [0.5, 0.6) is 0 Å². The molecule has 1 aromatic carbocycles. The molecule has 1 aliphatic rings. The summed E-state index contributed by atoms with van der Waals surface area (Å²) in [4.78, 5) is 0. The van der Waals surface area contributed by atoms with Crippen molar-refractivity contribution in [2.45, 2.75) is 25.8 Å². The van der Waals surface area contributed by atoms with E-state index in [0.29, 0.717) is 11.9 Å². The Morgan fingerprint density at radius 3 is 2.88 bits per heavy atom. The van der Waals surface area contributed by atoms with Crippen LogP contribution in [0.2, 0.25) is 0 Å². The molecule has 4 heteroatoms. The molecule has 1 heterocycles. The molecule has 1 saturated carbocycles. The molecule has 0 radical (unpaired) electrons. The van der Waals surface area contributed by atoms with E-state index in [1.165, 1.54) is 18.4 Å². The largest absolute Gasteiger partial charge is 0.380 e. The number of rotatable bonds is 2. The van der Waals surface area contributed by atoms with Crippen LogP contribution in [0, 0.1) is 6.92 Å². The van der Waals surface area contributed by atoms with Gasteiger partial charge in [-0.05, 0) is 25.8 Å². The standard InChI is InChI=1S/C12H14N4/c1-8-3-2-4-9(7-8)11-12(13)14-15-16(11)10-5-6-10/h2-4,7,10H,5-6,13H2,1H3. The average Bonchev–Trinajstić information content (AvgIpc) is 3.02. The summed E-state index contributed by atoms with van der Waals surface area (Å²) in [6.45, 7) is 2.07. The van der Waals surface area contributed by atoms with E-state index >= 15 is 0 Å². The molecule has 0 unspecified atom stereocenters. The van der Waals surface area contributed by atoms with E-state index in [-0.39, 0.29) is 0 Å². The summed E-state index contributed by atoms with van der Waals surface area (Å²) >= 11 is 0. The average molecular weight is 214 g/mol.